The Morgan fingerprint density at radius 3 is 2.54 bits per heavy atom. The second kappa shape index (κ2) is 7.03. The fourth-order valence-electron chi connectivity index (χ4n) is 3.32. The monoisotopic (exact) mass is 327 g/mol. The van der Waals surface area contributed by atoms with Crippen LogP contribution in [0.5, 0.6) is 0 Å². The zero-order chi connectivity index (χ0) is 17.1. The molecule has 0 aliphatic carbocycles. The van der Waals surface area contributed by atoms with Crippen LogP contribution in [0.2, 0.25) is 0 Å². The minimum absolute atomic E-state index is 0.251. The molecule has 3 rings (SSSR count). The molecule has 2 heterocycles. The fourth-order valence-corrected chi connectivity index (χ4v) is 3.32. The number of nitrogens with two attached hydrogens (primary N) is 1. The van der Waals surface area contributed by atoms with Crippen molar-refractivity contribution in [3.8, 4) is 0 Å². The van der Waals surface area contributed by atoms with Gasteiger partial charge in [-0.15, -0.1) is 10.2 Å². The first-order valence-electron chi connectivity index (χ1n) is 8.61. The summed E-state index contributed by atoms with van der Waals surface area (Å²) < 4.78 is 1.88. The molecule has 0 saturated heterocycles. The number of fused-ring (bicyclic) bond motifs is 1. The number of carbonyl (C=O) groups is 1. The topological polar surface area (TPSA) is 77.0 Å². The zero-order valence-corrected chi connectivity index (χ0v) is 14.4. The largest absolute Gasteiger partial charge is 0.363 e. The van der Waals surface area contributed by atoms with Gasteiger partial charge in [-0.1, -0.05) is 38.1 Å². The number of aryl methyl sites for hydroxylation is 1. The molecule has 128 valence electrons. The van der Waals surface area contributed by atoms with E-state index >= 15 is 0 Å². The maximum atomic E-state index is 11.7. The van der Waals surface area contributed by atoms with Crippen molar-refractivity contribution in [1.82, 2.24) is 14.8 Å². The van der Waals surface area contributed by atoms with Crippen molar-refractivity contribution in [3.63, 3.8) is 0 Å². The van der Waals surface area contributed by atoms with Gasteiger partial charge in [0.2, 0.25) is 11.8 Å². The molecular formula is C18H25N5O. The van der Waals surface area contributed by atoms with Crippen molar-refractivity contribution < 1.29 is 4.79 Å². The molecule has 1 aromatic carbocycles. The Kier molecular flexibility index (Phi) is 4.83. The highest BCUT2D eigenvalue weighted by Gasteiger charge is 2.22. The Morgan fingerprint density at radius 1 is 1.17 bits per heavy atom. The predicted molar refractivity (Wildman–Crippen MR) is 94.1 cm³/mol. The van der Waals surface area contributed by atoms with Crippen LogP contribution < -0.4 is 10.6 Å². The SMILES string of the molecule is CC(C)Cn1c(C(N)=O)nnc1N1CCCc2ccccc2CC1. The third kappa shape index (κ3) is 3.42. The van der Waals surface area contributed by atoms with E-state index in [0.717, 1.165) is 38.3 Å². The average Bonchev–Trinajstić information content (AvgIpc) is 2.91. The number of carbonyl (C=O) groups excluding carboxylic acids is 1. The van der Waals surface area contributed by atoms with E-state index in [1.54, 1.807) is 0 Å². The van der Waals surface area contributed by atoms with E-state index in [-0.39, 0.29) is 5.82 Å². The molecule has 0 bridgehead atoms. The van der Waals surface area contributed by atoms with Gasteiger partial charge in [0.25, 0.3) is 5.91 Å². The van der Waals surface area contributed by atoms with Gasteiger partial charge in [0.1, 0.15) is 0 Å². The normalized spacial score (nSPS) is 15.0. The van der Waals surface area contributed by atoms with Crippen molar-refractivity contribution in [2.24, 2.45) is 11.7 Å². The van der Waals surface area contributed by atoms with E-state index in [0.29, 0.717) is 12.5 Å². The number of primary amides is 1. The van der Waals surface area contributed by atoms with E-state index < -0.39 is 5.91 Å². The summed E-state index contributed by atoms with van der Waals surface area (Å²) in [5, 5.41) is 8.32. The lowest BCUT2D eigenvalue weighted by Gasteiger charge is -2.27. The Hall–Kier alpha value is -2.37. The summed E-state index contributed by atoms with van der Waals surface area (Å²) >= 11 is 0. The highest BCUT2D eigenvalue weighted by Crippen LogP contribution is 2.21. The second-order valence-electron chi connectivity index (χ2n) is 6.80. The first-order chi connectivity index (χ1) is 11.6. The van der Waals surface area contributed by atoms with Crippen LogP contribution in [0.25, 0.3) is 0 Å². The third-order valence-corrected chi connectivity index (χ3v) is 4.43. The van der Waals surface area contributed by atoms with Crippen LogP contribution in [0.3, 0.4) is 0 Å². The van der Waals surface area contributed by atoms with Gasteiger partial charge in [0.15, 0.2) is 0 Å². The van der Waals surface area contributed by atoms with Gasteiger partial charge in [-0.2, -0.15) is 0 Å². The molecule has 0 unspecified atom stereocenters. The van der Waals surface area contributed by atoms with Crippen LogP contribution in [0.4, 0.5) is 5.95 Å². The highest BCUT2D eigenvalue weighted by molar-refractivity contribution is 5.89. The summed E-state index contributed by atoms with van der Waals surface area (Å²) in [4.78, 5) is 13.9. The second-order valence-corrected chi connectivity index (χ2v) is 6.80. The summed E-state index contributed by atoms with van der Waals surface area (Å²) in [5.41, 5.74) is 8.31. The quantitative estimate of drug-likeness (QED) is 0.932. The van der Waals surface area contributed by atoms with Crippen molar-refractivity contribution >= 4 is 11.9 Å². The highest BCUT2D eigenvalue weighted by atomic mass is 16.1. The average molecular weight is 327 g/mol. The lowest BCUT2D eigenvalue weighted by Crippen LogP contribution is -2.33. The number of aromatic nitrogens is 3. The van der Waals surface area contributed by atoms with Gasteiger partial charge >= 0.3 is 0 Å². The molecule has 1 aromatic heterocycles. The first-order valence-corrected chi connectivity index (χ1v) is 8.61. The van der Waals surface area contributed by atoms with Crippen molar-refractivity contribution in [2.45, 2.75) is 39.7 Å². The Bertz CT molecular complexity index is 722. The lowest BCUT2D eigenvalue weighted by molar-refractivity contribution is 0.0985. The van der Waals surface area contributed by atoms with Crippen LogP contribution in [-0.2, 0) is 19.4 Å². The van der Waals surface area contributed by atoms with Gasteiger partial charge in [-0.25, -0.2) is 0 Å². The third-order valence-electron chi connectivity index (χ3n) is 4.43. The molecule has 6 nitrogen and oxygen atoms in total. The maximum Gasteiger partial charge on any atom is 0.286 e. The van der Waals surface area contributed by atoms with E-state index in [4.69, 9.17) is 5.73 Å². The molecule has 2 N–H and O–H groups in total. The standard InChI is InChI=1S/C18H25N5O/c1-13(2)12-23-17(16(19)24)20-21-18(23)22-10-5-8-14-6-3-4-7-15(14)9-11-22/h3-4,6-7,13H,5,8-12H2,1-2H3,(H2,19,24). The van der Waals surface area contributed by atoms with Crippen LogP contribution in [-0.4, -0.2) is 33.8 Å². The van der Waals surface area contributed by atoms with Crippen molar-refractivity contribution in [2.75, 3.05) is 18.0 Å². The zero-order valence-electron chi connectivity index (χ0n) is 14.4. The van der Waals surface area contributed by atoms with Gasteiger partial charge < -0.3 is 10.6 Å². The van der Waals surface area contributed by atoms with Crippen molar-refractivity contribution in [1.29, 1.82) is 0 Å². The molecule has 6 heteroatoms. The summed E-state index contributed by atoms with van der Waals surface area (Å²) in [6.45, 7) is 6.68. The van der Waals surface area contributed by atoms with Crippen LogP contribution >= 0.6 is 0 Å². The number of rotatable bonds is 4. The summed E-state index contributed by atoms with van der Waals surface area (Å²) in [5.74, 6) is 0.873. The molecule has 0 fully saturated rings. The van der Waals surface area contributed by atoms with E-state index in [1.165, 1.54) is 11.1 Å². The van der Waals surface area contributed by atoms with E-state index in [1.807, 2.05) is 4.57 Å². The van der Waals surface area contributed by atoms with Crippen LogP contribution in [0.15, 0.2) is 24.3 Å². The maximum absolute atomic E-state index is 11.7. The number of hydrogen-bond donors (Lipinski definition) is 1. The Morgan fingerprint density at radius 2 is 1.88 bits per heavy atom. The van der Waals surface area contributed by atoms with Gasteiger partial charge in [-0.05, 0) is 36.3 Å². The number of hydrogen-bond acceptors (Lipinski definition) is 4. The predicted octanol–water partition coefficient (Wildman–Crippen LogP) is 2.03. The molecule has 2 aromatic rings. The summed E-state index contributed by atoms with van der Waals surface area (Å²) in [7, 11) is 0. The molecule has 1 amide bonds. The molecular weight excluding hydrogens is 302 g/mol. The Balaban J connectivity index is 1.87. The molecule has 0 radical (unpaired) electrons. The van der Waals surface area contributed by atoms with E-state index in [9.17, 15) is 4.79 Å². The molecule has 0 spiro atoms. The van der Waals surface area contributed by atoms with Gasteiger partial charge in [0.05, 0.1) is 0 Å². The number of amides is 1. The molecule has 0 saturated carbocycles. The minimum atomic E-state index is -0.521. The molecule has 1 aliphatic rings. The van der Waals surface area contributed by atoms with Gasteiger partial charge in [-0.3, -0.25) is 9.36 Å². The first kappa shape index (κ1) is 16.5. The summed E-state index contributed by atoms with van der Waals surface area (Å²) in [6.07, 6.45) is 3.09. The fraction of sp³-hybridized carbons (Fsp3) is 0.500. The van der Waals surface area contributed by atoms with Crippen LogP contribution in [0, 0.1) is 5.92 Å². The molecule has 1 aliphatic heterocycles. The number of benzene rings is 1. The smallest absolute Gasteiger partial charge is 0.286 e. The van der Waals surface area contributed by atoms with E-state index in [2.05, 4.69) is 53.2 Å². The molecule has 0 atom stereocenters. The Labute approximate surface area is 142 Å². The number of nitrogens with zero attached hydrogens (tertiary/aromatic N) is 4. The van der Waals surface area contributed by atoms with Crippen molar-refractivity contribution in [3.05, 3.63) is 41.2 Å². The number of anilines is 1. The van der Waals surface area contributed by atoms with Gasteiger partial charge in [0, 0.05) is 19.6 Å². The lowest BCUT2D eigenvalue weighted by atomic mass is 9.98. The minimum Gasteiger partial charge on any atom is -0.363 e. The van der Waals surface area contributed by atoms with Crippen LogP contribution in [0.1, 0.15) is 42.0 Å². The summed E-state index contributed by atoms with van der Waals surface area (Å²) in [6, 6.07) is 8.62. The molecule has 24 heavy (non-hydrogen) atoms.